The number of hydrogen-bond acceptors (Lipinski definition) is 3. The fraction of sp³-hybridized carbons (Fsp3) is 0.364. The van der Waals surface area contributed by atoms with Crippen LogP contribution in [0.4, 0.5) is 5.82 Å². The number of anilines is 1. The normalized spacial score (nSPS) is 13.8. The van der Waals surface area contributed by atoms with Gasteiger partial charge in [-0.15, -0.1) is 24.8 Å². The Morgan fingerprint density at radius 2 is 1.80 bits per heavy atom. The van der Waals surface area contributed by atoms with Crippen molar-refractivity contribution >= 4 is 42.6 Å². The highest BCUT2D eigenvalue weighted by Gasteiger charge is 2.19. The Morgan fingerprint density at radius 3 is 2.30 bits per heavy atom. The van der Waals surface area contributed by atoms with E-state index in [0.29, 0.717) is 13.1 Å². The number of pyridine rings is 1. The zero-order valence-corrected chi connectivity index (χ0v) is 12.5. The summed E-state index contributed by atoms with van der Waals surface area (Å²) in [5.41, 5.74) is 10.5. The second-order valence-corrected chi connectivity index (χ2v) is 4.02. The number of piperazine rings is 1. The molecule has 0 spiro atoms. The third kappa shape index (κ3) is 4.75. The third-order valence-corrected chi connectivity index (χ3v) is 2.79. The molecule has 0 aliphatic carbocycles. The highest BCUT2D eigenvalue weighted by atomic mass is 35.5. The van der Waals surface area contributed by atoms with Gasteiger partial charge >= 0.3 is 0 Å². The van der Waals surface area contributed by atoms with Crippen LogP contribution in [0.3, 0.4) is 0 Å². The summed E-state index contributed by atoms with van der Waals surface area (Å²) in [5, 5.41) is 7.73. The highest BCUT2D eigenvalue weighted by Crippen LogP contribution is 2.12. The maximum Gasteiger partial charge on any atom is 0.221 e. The van der Waals surface area contributed by atoms with Crippen molar-refractivity contribution in [2.24, 2.45) is 16.5 Å². The Morgan fingerprint density at radius 1 is 1.15 bits per heavy atom. The molecule has 20 heavy (non-hydrogen) atoms. The summed E-state index contributed by atoms with van der Waals surface area (Å²) in [6.45, 7) is 3.04. The van der Waals surface area contributed by atoms with Crippen molar-refractivity contribution in [3.63, 3.8) is 0 Å². The first-order valence-corrected chi connectivity index (χ1v) is 5.76. The van der Waals surface area contributed by atoms with Gasteiger partial charge in [0, 0.05) is 32.4 Å². The van der Waals surface area contributed by atoms with E-state index >= 15 is 0 Å². The summed E-state index contributed by atoms with van der Waals surface area (Å²) in [6, 6.07) is 5.85. The topological polar surface area (TPSA) is 108 Å². The van der Waals surface area contributed by atoms with Crippen LogP contribution in [0.5, 0.6) is 0 Å². The zero-order valence-electron chi connectivity index (χ0n) is 10.9. The highest BCUT2D eigenvalue weighted by molar-refractivity contribution is 5.91. The van der Waals surface area contributed by atoms with Gasteiger partial charge in [0.05, 0.1) is 0 Å². The Hall–Kier alpha value is -1.73. The Kier molecular flexibility index (Phi) is 7.71. The van der Waals surface area contributed by atoms with E-state index < -0.39 is 0 Å². The smallest absolute Gasteiger partial charge is 0.221 e. The minimum absolute atomic E-state index is 0. The second kappa shape index (κ2) is 8.44. The average Bonchev–Trinajstić information content (AvgIpc) is 2.39. The zero-order chi connectivity index (χ0) is 13.0. The largest absolute Gasteiger partial charge is 0.370 e. The van der Waals surface area contributed by atoms with Crippen molar-refractivity contribution in [2.45, 2.75) is 0 Å². The summed E-state index contributed by atoms with van der Waals surface area (Å²) >= 11 is 0. The lowest BCUT2D eigenvalue weighted by Gasteiger charge is -2.35. The fourth-order valence-corrected chi connectivity index (χ4v) is 1.88. The van der Waals surface area contributed by atoms with Gasteiger partial charge in [0.1, 0.15) is 5.82 Å². The van der Waals surface area contributed by atoms with E-state index in [1.54, 1.807) is 6.20 Å². The molecule has 1 aliphatic rings. The first kappa shape index (κ1) is 18.3. The van der Waals surface area contributed by atoms with Gasteiger partial charge < -0.3 is 21.3 Å². The predicted octanol–water partition coefficient (Wildman–Crippen LogP) is 0.255. The number of aromatic nitrogens is 1. The summed E-state index contributed by atoms with van der Waals surface area (Å²) in [4.78, 5) is 12.1. The first-order chi connectivity index (χ1) is 8.66. The monoisotopic (exact) mass is 319 g/mol. The van der Waals surface area contributed by atoms with Crippen LogP contribution in [0.15, 0.2) is 29.4 Å². The van der Waals surface area contributed by atoms with Gasteiger partial charge in [-0.05, 0) is 12.1 Å². The van der Waals surface area contributed by atoms with Gasteiger partial charge in [0.25, 0.3) is 0 Å². The lowest BCUT2D eigenvalue weighted by molar-refractivity contribution is 0.379. The van der Waals surface area contributed by atoms with Crippen LogP contribution >= 0.6 is 24.8 Å². The van der Waals surface area contributed by atoms with Crippen LogP contribution in [0, 0.1) is 5.41 Å². The van der Waals surface area contributed by atoms with Crippen LogP contribution in [0.2, 0.25) is 0 Å². The molecule has 0 amide bonds. The molecule has 1 fully saturated rings. The molecule has 2 rings (SSSR count). The summed E-state index contributed by atoms with van der Waals surface area (Å²) in [7, 11) is 0. The molecule has 7 nitrogen and oxygen atoms in total. The van der Waals surface area contributed by atoms with E-state index in [4.69, 9.17) is 16.9 Å². The number of nitrogens with two attached hydrogens (primary N) is 2. The second-order valence-electron chi connectivity index (χ2n) is 4.02. The van der Waals surface area contributed by atoms with E-state index in [1.807, 2.05) is 23.1 Å². The van der Waals surface area contributed by atoms with Crippen molar-refractivity contribution in [3.05, 3.63) is 24.4 Å². The first-order valence-electron chi connectivity index (χ1n) is 5.76. The lowest BCUT2D eigenvalue weighted by Crippen LogP contribution is -2.49. The molecule has 1 saturated heterocycles. The van der Waals surface area contributed by atoms with Gasteiger partial charge in [0.15, 0.2) is 5.96 Å². The van der Waals surface area contributed by atoms with Crippen LogP contribution < -0.4 is 16.4 Å². The third-order valence-electron chi connectivity index (χ3n) is 2.79. The number of rotatable bonds is 1. The van der Waals surface area contributed by atoms with E-state index in [0.717, 1.165) is 18.9 Å². The Bertz CT molecular complexity index is 439. The average molecular weight is 320 g/mol. The molecule has 2 heterocycles. The van der Waals surface area contributed by atoms with E-state index in [9.17, 15) is 0 Å². The summed E-state index contributed by atoms with van der Waals surface area (Å²) in [5.74, 6) is 1.01. The van der Waals surface area contributed by atoms with Gasteiger partial charge in [-0.2, -0.15) is 4.99 Å². The van der Waals surface area contributed by atoms with Crippen molar-refractivity contribution < 1.29 is 0 Å². The standard InChI is InChI=1S/C11H17N7.2ClH/c12-10(13)16-11(14)18-7-5-17(6-8-18)9-3-1-2-4-15-9;;/h1-4H,5-8H2,(H5,12,13,14,16);2*1H. The van der Waals surface area contributed by atoms with E-state index in [1.165, 1.54) is 0 Å². The SMILES string of the molecule is Cl.Cl.N=C(N=C(N)N)N1CCN(c2ccccn2)CC1. The molecule has 1 aliphatic heterocycles. The molecular weight excluding hydrogens is 301 g/mol. The quantitative estimate of drug-likeness (QED) is 0.508. The minimum Gasteiger partial charge on any atom is -0.370 e. The molecular formula is C11H19Cl2N7. The molecule has 9 heteroatoms. The van der Waals surface area contributed by atoms with Gasteiger partial charge in [-0.25, -0.2) is 4.98 Å². The van der Waals surface area contributed by atoms with Crippen LogP contribution in [-0.2, 0) is 0 Å². The van der Waals surface area contributed by atoms with Gasteiger partial charge in [-0.3, -0.25) is 5.41 Å². The molecule has 0 aromatic carbocycles. The van der Waals surface area contributed by atoms with E-state index in [2.05, 4.69) is 14.9 Å². The van der Waals surface area contributed by atoms with Crippen molar-refractivity contribution in [2.75, 3.05) is 31.1 Å². The van der Waals surface area contributed by atoms with Crippen molar-refractivity contribution in [3.8, 4) is 0 Å². The molecule has 0 unspecified atom stereocenters. The number of hydrogen-bond donors (Lipinski definition) is 3. The molecule has 0 saturated carbocycles. The molecule has 0 radical (unpaired) electrons. The maximum absolute atomic E-state index is 7.73. The summed E-state index contributed by atoms with van der Waals surface area (Å²) < 4.78 is 0. The molecule has 0 atom stereocenters. The lowest BCUT2D eigenvalue weighted by atomic mass is 10.3. The minimum atomic E-state index is -0.0767. The van der Waals surface area contributed by atoms with Crippen molar-refractivity contribution in [1.29, 1.82) is 5.41 Å². The number of nitrogens with one attached hydrogen (secondary N) is 1. The summed E-state index contributed by atoms with van der Waals surface area (Å²) in [6.07, 6.45) is 1.78. The molecule has 5 N–H and O–H groups in total. The maximum atomic E-state index is 7.73. The predicted molar refractivity (Wildman–Crippen MR) is 86.1 cm³/mol. The number of aliphatic imine (C=N–C) groups is 1. The number of guanidine groups is 2. The fourth-order valence-electron chi connectivity index (χ4n) is 1.88. The molecule has 1 aromatic rings. The van der Waals surface area contributed by atoms with Gasteiger partial charge in [-0.1, -0.05) is 6.07 Å². The van der Waals surface area contributed by atoms with Crippen LogP contribution in [0.25, 0.3) is 0 Å². The van der Waals surface area contributed by atoms with Crippen LogP contribution in [0.1, 0.15) is 0 Å². The van der Waals surface area contributed by atoms with Crippen LogP contribution in [-0.4, -0.2) is 48.0 Å². The molecule has 112 valence electrons. The van der Waals surface area contributed by atoms with Gasteiger partial charge in [0.2, 0.25) is 5.96 Å². The number of nitrogens with zero attached hydrogens (tertiary/aromatic N) is 4. The molecule has 1 aromatic heterocycles. The van der Waals surface area contributed by atoms with Crippen molar-refractivity contribution in [1.82, 2.24) is 9.88 Å². The molecule has 0 bridgehead atoms. The Balaban J connectivity index is 0.00000180. The number of halogens is 2. The Labute approximate surface area is 130 Å². The van der Waals surface area contributed by atoms with E-state index in [-0.39, 0.29) is 36.7 Å².